The zero-order chi connectivity index (χ0) is 21.7. The second kappa shape index (κ2) is 9.05. The van der Waals surface area contributed by atoms with Crippen LogP contribution in [0.3, 0.4) is 0 Å². The minimum atomic E-state index is -0.852. The Labute approximate surface area is 177 Å². The Morgan fingerprint density at radius 3 is 2.37 bits per heavy atom. The van der Waals surface area contributed by atoms with Crippen LogP contribution in [0.25, 0.3) is 0 Å². The molecule has 3 rings (SSSR count). The third kappa shape index (κ3) is 5.11. The third-order valence-corrected chi connectivity index (χ3v) is 4.42. The van der Waals surface area contributed by atoms with Gasteiger partial charge in [-0.25, -0.2) is 5.43 Å². The molecule has 1 N–H and O–H groups in total. The maximum absolute atomic E-state index is 12.3. The highest BCUT2D eigenvalue weighted by molar-refractivity contribution is 9.10. The van der Waals surface area contributed by atoms with Crippen LogP contribution in [-0.4, -0.2) is 31.7 Å². The average Bonchev–Trinajstić information content (AvgIpc) is 3.14. The first-order valence-corrected chi connectivity index (χ1v) is 9.17. The number of hydrogen-bond acceptors (Lipinski definition) is 7. The van der Waals surface area contributed by atoms with Gasteiger partial charge in [-0.3, -0.25) is 29.7 Å². The van der Waals surface area contributed by atoms with E-state index in [-0.39, 0.29) is 17.9 Å². The molecule has 1 heterocycles. The monoisotopic (exact) mass is 472 g/mol. The van der Waals surface area contributed by atoms with Crippen LogP contribution in [0.5, 0.6) is 0 Å². The molecule has 11 nitrogen and oxygen atoms in total. The van der Waals surface area contributed by atoms with Crippen molar-refractivity contribution < 1.29 is 14.6 Å². The molecule has 0 radical (unpaired) electrons. The van der Waals surface area contributed by atoms with Gasteiger partial charge in [0.15, 0.2) is 0 Å². The maximum Gasteiger partial charge on any atom is 0.320 e. The molecule has 152 valence electrons. The molecule has 0 saturated carbocycles. The van der Waals surface area contributed by atoms with E-state index in [1.165, 1.54) is 41.4 Å². The van der Waals surface area contributed by atoms with Gasteiger partial charge in [0, 0.05) is 16.6 Å². The van der Waals surface area contributed by atoms with Crippen LogP contribution >= 0.6 is 15.9 Å². The Morgan fingerprint density at radius 2 is 1.77 bits per heavy atom. The van der Waals surface area contributed by atoms with E-state index >= 15 is 0 Å². The summed E-state index contributed by atoms with van der Waals surface area (Å²) in [7, 11) is 0. The lowest BCUT2D eigenvalue weighted by molar-refractivity contribution is -0.385. The largest absolute Gasteiger partial charge is 0.320 e. The molecule has 0 aliphatic rings. The number of aromatic nitrogens is 2. The van der Waals surface area contributed by atoms with Crippen LogP contribution < -0.4 is 5.43 Å². The van der Waals surface area contributed by atoms with Crippen LogP contribution in [0, 0.1) is 20.2 Å². The van der Waals surface area contributed by atoms with Gasteiger partial charge in [0.2, 0.25) is 5.69 Å². The Kier molecular flexibility index (Phi) is 6.27. The predicted molar refractivity (Wildman–Crippen MR) is 110 cm³/mol. The molecule has 0 fully saturated rings. The second-order valence-corrected chi connectivity index (χ2v) is 6.91. The van der Waals surface area contributed by atoms with E-state index in [1.54, 1.807) is 0 Å². The minimum Gasteiger partial charge on any atom is -0.265 e. The van der Waals surface area contributed by atoms with E-state index in [2.05, 4.69) is 31.6 Å². The van der Waals surface area contributed by atoms with Crippen molar-refractivity contribution >= 4 is 39.4 Å². The minimum absolute atomic E-state index is 0.0804. The molecular weight excluding hydrogens is 460 g/mol. The van der Waals surface area contributed by atoms with Gasteiger partial charge in [-0.05, 0) is 35.4 Å². The van der Waals surface area contributed by atoms with E-state index in [0.29, 0.717) is 5.56 Å². The fraction of sp³-hybridized carbons (Fsp3) is 0.0556. The average molecular weight is 473 g/mol. The normalized spacial score (nSPS) is 10.8. The number of hydrogen-bond donors (Lipinski definition) is 1. The number of nitrogens with zero attached hydrogens (tertiary/aromatic N) is 5. The van der Waals surface area contributed by atoms with Crippen LogP contribution in [0.2, 0.25) is 0 Å². The first-order chi connectivity index (χ1) is 14.3. The molecular formula is C18H13BrN6O5. The topological polar surface area (TPSA) is 146 Å². The van der Waals surface area contributed by atoms with Gasteiger partial charge < -0.3 is 0 Å². The van der Waals surface area contributed by atoms with Gasteiger partial charge in [-0.1, -0.05) is 28.1 Å². The first-order valence-electron chi connectivity index (χ1n) is 8.37. The summed E-state index contributed by atoms with van der Waals surface area (Å²) in [5.41, 5.74) is 2.61. The molecule has 3 aromatic rings. The summed E-state index contributed by atoms with van der Waals surface area (Å²) >= 11 is 3.33. The molecule has 1 aromatic heterocycles. The lowest BCUT2D eigenvalue weighted by Crippen LogP contribution is -2.19. The molecule has 0 bridgehead atoms. The lowest BCUT2D eigenvalue weighted by Gasteiger charge is -2.01. The number of nitro groups is 2. The van der Waals surface area contributed by atoms with Crippen LogP contribution in [-0.2, 0) is 6.54 Å². The second-order valence-electron chi connectivity index (χ2n) is 5.99. The van der Waals surface area contributed by atoms with E-state index < -0.39 is 21.4 Å². The molecule has 12 heteroatoms. The van der Waals surface area contributed by atoms with Crippen molar-refractivity contribution in [2.45, 2.75) is 6.54 Å². The van der Waals surface area contributed by atoms with Crippen molar-refractivity contribution in [3.05, 3.63) is 96.2 Å². The van der Waals surface area contributed by atoms with Crippen molar-refractivity contribution in [2.75, 3.05) is 0 Å². The molecule has 2 aromatic carbocycles. The zero-order valence-electron chi connectivity index (χ0n) is 15.1. The summed E-state index contributed by atoms with van der Waals surface area (Å²) in [6.07, 6.45) is 2.43. The third-order valence-electron chi connectivity index (χ3n) is 3.90. The van der Waals surface area contributed by atoms with Gasteiger partial charge >= 0.3 is 5.69 Å². The lowest BCUT2D eigenvalue weighted by atomic mass is 10.2. The first kappa shape index (κ1) is 20.8. The number of hydrazone groups is 1. The number of nitro benzene ring substituents is 1. The summed E-state index contributed by atoms with van der Waals surface area (Å²) in [6, 6.07) is 12.8. The summed E-state index contributed by atoms with van der Waals surface area (Å²) in [5.74, 6) is -0.852. The van der Waals surface area contributed by atoms with E-state index in [9.17, 15) is 25.0 Å². The van der Waals surface area contributed by atoms with Gasteiger partial charge in [0.1, 0.15) is 6.20 Å². The number of non-ortho nitro benzene ring substituents is 1. The Morgan fingerprint density at radius 1 is 1.10 bits per heavy atom. The standard InChI is InChI=1S/C18H13BrN6O5/c19-14-5-1-13(2-6-14)10-23-11-16(25(29)30)17(22-23)18(26)21-20-9-12-3-7-15(8-4-12)24(27)28/h1-9,11H,10H2,(H,21,26). The molecule has 0 aliphatic carbocycles. The number of rotatable bonds is 7. The van der Waals surface area contributed by atoms with Gasteiger partial charge in [0.05, 0.1) is 22.6 Å². The van der Waals surface area contributed by atoms with E-state index in [1.807, 2.05) is 24.3 Å². The number of carbonyl (C=O) groups is 1. The van der Waals surface area contributed by atoms with Crippen LogP contribution in [0.1, 0.15) is 21.6 Å². The van der Waals surface area contributed by atoms with Crippen molar-refractivity contribution in [1.82, 2.24) is 15.2 Å². The number of nitrogens with one attached hydrogen (secondary N) is 1. The number of benzene rings is 2. The smallest absolute Gasteiger partial charge is 0.265 e. The van der Waals surface area contributed by atoms with Crippen LogP contribution in [0.4, 0.5) is 11.4 Å². The SMILES string of the molecule is O=C(NN=Cc1ccc([N+](=O)[O-])cc1)c1nn(Cc2ccc(Br)cc2)cc1[N+](=O)[O-]. The van der Waals surface area contributed by atoms with Gasteiger partial charge in [-0.2, -0.15) is 10.2 Å². The fourth-order valence-corrected chi connectivity index (χ4v) is 2.73. The summed E-state index contributed by atoms with van der Waals surface area (Å²) in [6.45, 7) is 0.244. The van der Waals surface area contributed by atoms with Gasteiger partial charge in [0.25, 0.3) is 11.6 Å². The molecule has 0 saturated heterocycles. The van der Waals surface area contributed by atoms with Crippen molar-refractivity contribution in [1.29, 1.82) is 0 Å². The molecule has 0 unspecified atom stereocenters. The van der Waals surface area contributed by atoms with Gasteiger partial charge in [-0.15, -0.1) is 0 Å². The highest BCUT2D eigenvalue weighted by Gasteiger charge is 2.25. The van der Waals surface area contributed by atoms with E-state index in [0.717, 1.165) is 10.0 Å². The molecule has 1 amide bonds. The highest BCUT2D eigenvalue weighted by Crippen LogP contribution is 2.18. The molecule has 30 heavy (non-hydrogen) atoms. The number of amides is 1. The zero-order valence-corrected chi connectivity index (χ0v) is 16.7. The fourth-order valence-electron chi connectivity index (χ4n) is 2.46. The molecule has 0 spiro atoms. The maximum atomic E-state index is 12.3. The summed E-state index contributed by atoms with van der Waals surface area (Å²) in [5, 5.41) is 29.7. The summed E-state index contributed by atoms with van der Waals surface area (Å²) < 4.78 is 2.19. The number of halogens is 1. The highest BCUT2D eigenvalue weighted by atomic mass is 79.9. The number of carbonyl (C=O) groups excluding carboxylic acids is 1. The van der Waals surface area contributed by atoms with E-state index in [4.69, 9.17) is 0 Å². The van der Waals surface area contributed by atoms with Crippen molar-refractivity contribution in [2.24, 2.45) is 5.10 Å². The predicted octanol–water partition coefficient (Wildman–Crippen LogP) is 3.27. The van der Waals surface area contributed by atoms with Crippen LogP contribution in [0.15, 0.2) is 64.3 Å². The van der Waals surface area contributed by atoms with Crippen molar-refractivity contribution in [3.63, 3.8) is 0 Å². The Hall–Kier alpha value is -3.93. The van der Waals surface area contributed by atoms with Crippen molar-refractivity contribution in [3.8, 4) is 0 Å². The molecule has 0 aliphatic heterocycles. The quantitative estimate of drug-likeness (QED) is 0.317. The summed E-state index contributed by atoms with van der Waals surface area (Å²) in [4.78, 5) is 33.0. The Bertz CT molecular complexity index is 1120. The Balaban J connectivity index is 1.72. The molecule has 0 atom stereocenters.